The van der Waals surface area contributed by atoms with Crippen LogP contribution < -0.4 is 4.90 Å². The largest absolute Gasteiger partial charge is 0.450 e. The Morgan fingerprint density at radius 3 is 2.83 bits per heavy atom. The van der Waals surface area contributed by atoms with Crippen molar-refractivity contribution in [1.29, 1.82) is 0 Å². The predicted molar refractivity (Wildman–Crippen MR) is 114 cm³/mol. The Kier molecular flexibility index (Phi) is 5.10. The Morgan fingerprint density at radius 2 is 2.10 bits per heavy atom. The SMILES string of the molecule is CCOC(=O)N1CC2(CC[C@@H](N3CCN(c4ncccc4-c4cc[nH]n4)CC3)C2)C1. The number of anilines is 1. The lowest BCUT2D eigenvalue weighted by molar-refractivity contribution is -0.00294. The first-order chi connectivity index (χ1) is 14.7. The Bertz CT molecular complexity index is 872. The van der Waals surface area contributed by atoms with Crippen LogP contribution in [0.15, 0.2) is 30.6 Å². The summed E-state index contributed by atoms with van der Waals surface area (Å²) in [6.45, 7) is 8.11. The standard InChI is InChI=1S/C22H30N6O2/c1-2-30-21(29)28-15-22(16-28)7-5-17(14-22)26-10-12-27(13-11-26)20-18(4-3-8-23-20)19-6-9-24-25-19/h3-4,6,8-9,17H,2,5,7,10-16H2,1H3,(H,24,25)/t17-/m1/s1. The van der Waals surface area contributed by atoms with Crippen molar-refractivity contribution in [3.63, 3.8) is 0 Å². The van der Waals surface area contributed by atoms with E-state index < -0.39 is 0 Å². The number of rotatable bonds is 4. The molecule has 160 valence electrons. The quantitative estimate of drug-likeness (QED) is 0.835. The number of likely N-dealkylation sites (tertiary alicyclic amines) is 1. The summed E-state index contributed by atoms with van der Waals surface area (Å²) in [5.41, 5.74) is 2.35. The molecule has 3 aliphatic rings. The maximum absolute atomic E-state index is 11.9. The molecule has 2 aromatic rings. The number of carbonyl (C=O) groups is 1. The fourth-order valence-electron chi connectivity index (χ4n) is 5.44. The number of carbonyl (C=O) groups excluding carboxylic acids is 1. The molecule has 8 nitrogen and oxygen atoms in total. The van der Waals surface area contributed by atoms with Crippen LogP contribution in [0, 0.1) is 5.41 Å². The number of nitrogens with one attached hydrogen (secondary N) is 1. The number of H-pyrrole nitrogens is 1. The maximum atomic E-state index is 11.9. The van der Waals surface area contributed by atoms with Crippen molar-refractivity contribution in [3.8, 4) is 11.3 Å². The highest BCUT2D eigenvalue weighted by atomic mass is 16.6. The average molecular weight is 411 g/mol. The number of hydrogen-bond acceptors (Lipinski definition) is 6. The molecule has 1 spiro atoms. The molecule has 1 aliphatic carbocycles. The molecule has 1 amide bonds. The van der Waals surface area contributed by atoms with Gasteiger partial charge in [0.05, 0.1) is 12.3 Å². The van der Waals surface area contributed by atoms with Crippen LogP contribution in [0.2, 0.25) is 0 Å². The lowest BCUT2D eigenvalue weighted by Crippen LogP contribution is -2.58. The molecule has 2 saturated heterocycles. The first-order valence-electron chi connectivity index (χ1n) is 11.0. The van der Waals surface area contributed by atoms with Gasteiger partial charge in [-0.05, 0) is 44.4 Å². The summed E-state index contributed by atoms with van der Waals surface area (Å²) in [5, 5.41) is 7.24. The summed E-state index contributed by atoms with van der Waals surface area (Å²) in [6, 6.07) is 6.69. The Balaban J connectivity index is 1.17. The summed E-state index contributed by atoms with van der Waals surface area (Å²) < 4.78 is 5.14. The second kappa shape index (κ2) is 7.91. The number of nitrogens with zero attached hydrogens (tertiary/aromatic N) is 5. The first-order valence-corrected chi connectivity index (χ1v) is 11.0. The van der Waals surface area contributed by atoms with Crippen molar-refractivity contribution >= 4 is 11.9 Å². The molecule has 0 unspecified atom stereocenters. The number of aromatic nitrogens is 3. The number of pyridine rings is 1. The third kappa shape index (κ3) is 3.53. The van der Waals surface area contributed by atoms with Crippen LogP contribution in [0.4, 0.5) is 10.6 Å². The van der Waals surface area contributed by atoms with Gasteiger partial charge in [-0.25, -0.2) is 9.78 Å². The van der Waals surface area contributed by atoms with Crippen molar-refractivity contribution in [3.05, 3.63) is 30.6 Å². The number of amides is 1. The Morgan fingerprint density at radius 1 is 1.27 bits per heavy atom. The van der Waals surface area contributed by atoms with Crippen LogP contribution >= 0.6 is 0 Å². The van der Waals surface area contributed by atoms with Crippen molar-refractivity contribution in [1.82, 2.24) is 25.0 Å². The van der Waals surface area contributed by atoms with Gasteiger partial charge in [-0.15, -0.1) is 0 Å². The van der Waals surface area contributed by atoms with E-state index in [0.29, 0.717) is 18.1 Å². The predicted octanol–water partition coefficient (Wildman–Crippen LogP) is 2.60. The monoisotopic (exact) mass is 410 g/mol. The molecular weight excluding hydrogens is 380 g/mol. The summed E-state index contributed by atoms with van der Waals surface area (Å²) in [6.07, 6.45) is 7.22. The molecule has 2 aliphatic heterocycles. The Labute approximate surface area is 177 Å². The van der Waals surface area contributed by atoms with Crippen LogP contribution in [0.1, 0.15) is 26.2 Å². The minimum atomic E-state index is -0.150. The van der Waals surface area contributed by atoms with Gasteiger partial charge in [-0.1, -0.05) is 0 Å². The van der Waals surface area contributed by atoms with Gasteiger partial charge in [0.1, 0.15) is 5.82 Å². The molecule has 1 saturated carbocycles. The van der Waals surface area contributed by atoms with Gasteiger partial charge in [0.15, 0.2) is 0 Å². The van der Waals surface area contributed by atoms with E-state index in [-0.39, 0.29) is 6.09 Å². The summed E-state index contributed by atoms with van der Waals surface area (Å²) in [7, 11) is 0. The van der Waals surface area contributed by atoms with E-state index in [1.54, 1.807) is 0 Å². The fourth-order valence-corrected chi connectivity index (χ4v) is 5.44. The smallest absolute Gasteiger partial charge is 0.409 e. The number of ether oxygens (including phenoxy) is 1. The van der Waals surface area contributed by atoms with Gasteiger partial charge in [0.25, 0.3) is 0 Å². The van der Waals surface area contributed by atoms with Crippen LogP contribution in [0.3, 0.4) is 0 Å². The van der Waals surface area contributed by atoms with Gasteiger partial charge in [-0.3, -0.25) is 10.00 Å². The zero-order valence-electron chi connectivity index (χ0n) is 17.6. The van der Waals surface area contributed by atoms with Gasteiger partial charge >= 0.3 is 6.09 Å². The van der Waals surface area contributed by atoms with Gasteiger partial charge in [0.2, 0.25) is 0 Å². The maximum Gasteiger partial charge on any atom is 0.409 e. The third-order valence-electron chi connectivity index (χ3n) is 6.95. The van der Waals surface area contributed by atoms with Crippen molar-refractivity contribution < 1.29 is 9.53 Å². The van der Waals surface area contributed by atoms with Crippen molar-refractivity contribution in [2.75, 3.05) is 50.8 Å². The molecular formula is C22H30N6O2. The molecule has 3 fully saturated rings. The topological polar surface area (TPSA) is 77.6 Å². The van der Waals surface area contributed by atoms with E-state index in [0.717, 1.165) is 56.3 Å². The highest BCUT2D eigenvalue weighted by Gasteiger charge is 2.51. The molecule has 1 atom stereocenters. The third-order valence-corrected chi connectivity index (χ3v) is 6.95. The second-order valence-corrected chi connectivity index (χ2v) is 8.81. The van der Waals surface area contributed by atoms with E-state index in [4.69, 9.17) is 4.74 Å². The molecule has 2 aromatic heterocycles. The van der Waals surface area contributed by atoms with E-state index in [1.807, 2.05) is 36.4 Å². The average Bonchev–Trinajstić information content (AvgIpc) is 3.43. The number of piperazine rings is 1. The van der Waals surface area contributed by atoms with Gasteiger partial charge < -0.3 is 14.5 Å². The Hall–Kier alpha value is -2.61. The van der Waals surface area contributed by atoms with Crippen LogP contribution in [0.5, 0.6) is 0 Å². The van der Waals surface area contributed by atoms with E-state index in [9.17, 15) is 4.79 Å². The first kappa shape index (κ1) is 19.4. The van der Waals surface area contributed by atoms with Gasteiger partial charge in [-0.2, -0.15) is 5.10 Å². The number of aromatic amines is 1. The number of hydrogen-bond donors (Lipinski definition) is 1. The highest BCUT2D eigenvalue weighted by molar-refractivity contribution is 5.73. The molecule has 0 aromatic carbocycles. The zero-order chi connectivity index (χ0) is 20.6. The van der Waals surface area contributed by atoms with Crippen molar-refractivity contribution in [2.24, 2.45) is 5.41 Å². The molecule has 0 bridgehead atoms. The molecule has 4 heterocycles. The zero-order valence-corrected chi connectivity index (χ0v) is 17.6. The molecule has 1 N–H and O–H groups in total. The van der Waals surface area contributed by atoms with Crippen molar-refractivity contribution in [2.45, 2.75) is 32.2 Å². The van der Waals surface area contributed by atoms with E-state index in [1.165, 1.54) is 19.3 Å². The van der Waals surface area contributed by atoms with E-state index >= 15 is 0 Å². The van der Waals surface area contributed by atoms with E-state index in [2.05, 4.69) is 31.0 Å². The summed E-state index contributed by atoms with van der Waals surface area (Å²) in [5.74, 6) is 1.02. The molecule has 30 heavy (non-hydrogen) atoms. The lowest BCUT2D eigenvalue weighted by atomic mass is 9.78. The molecule has 5 rings (SSSR count). The minimum absolute atomic E-state index is 0.150. The lowest BCUT2D eigenvalue weighted by Gasteiger charge is -2.48. The normalized spacial score (nSPS) is 23.6. The molecule has 8 heteroatoms. The summed E-state index contributed by atoms with van der Waals surface area (Å²) >= 11 is 0. The fraction of sp³-hybridized carbons (Fsp3) is 0.591. The molecule has 0 radical (unpaired) electrons. The van der Waals surface area contributed by atoms with Crippen LogP contribution in [-0.2, 0) is 4.74 Å². The highest BCUT2D eigenvalue weighted by Crippen LogP contribution is 2.47. The van der Waals surface area contributed by atoms with Gasteiger partial charge in [0, 0.05) is 68.7 Å². The van der Waals surface area contributed by atoms with Crippen LogP contribution in [-0.4, -0.2) is 83.0 Å². The van der Waals surface area contributed by atoms with Crippen LogP contribution in [0.25, 0.3) is 11.3 Å². The second-order valence-electron chi connectivity index (χ2n) is 8.81. The summed E-state index contributed by atoms with van der Waals surface area (Å²) in [4.78, 5) is 23.5. The minimum Gasteiger partial charge on any atom is -0.450 e.